The van der Waals surface area contributed by atoms with Crippen molar-refractivity contribution in [2.75, 3.05) is 18.5 Å². The minimum Gasteiger partial charge on any atom is -0.478 e. The molecule has 4 N–H and O–H groups in total. The minimum atomic E-state index is -1.27. The summed E-state index contributed by atoms with van der Waals surface area (Å²) in [6.45, 7) is 1.21. The average molecular weight is 276 g/mol. The highest BCUT2D eigenvalue weighted by atomic mass is 16.4. The molecule has 0 aliphatic heterocycles. The lowest BCUT2D eigenvalue weighted by atomic mass is 10.1. The third-order valence-corrected chi connectivity index (χ3v) is 3.00. The number of nitrogens with zero attached hydrogens (tertiary/aromatic N) is 1. The van der Waals surface area contributed by atoms with E-state index >= 15 is 0 Å². The van der Waals surface area contributed by atoms with E-state index in [4.69, 9.17) is 10.2 Å². The molecular formula is C14H16N2O4. The Labute approximate surface area is 115 Å². The van der Waals surface area contributed by atoms with Gasteiger partial charge in [-0.25, -0.2) is 9.78 Å². The van der Waals surface area contributed by atoms with Crippen molar-refractivity contribution in [2.24, 2.45) is 0 Å². The number of pyridine rings is 1. The zero-order valence-corrected chi connectivity index (χ0v) is 11.0. The van der Waals surface area contributed by atoms with E-state index in [2.05, 4.69) is 10.3 Å². The van der Waals surface area contributed by atoms with Gasteiger partial charge in [0.1, 0.15) is 11.4 Å². The Balaban J connectivity index is 2.41. The van der Waals surface area contributed by atoms with E-state index in [1.807, 2.05) is 0 Å². The summed E-state index contributed by atoms with van der Waals surface area (Å²) >= 11 is 0. The normalized spacial score (nSPS) is 13.9. The summed E-state index contributed by atoms with van der Waals surface area (Å²) in [4.78, 5) is 15.2. The van der Waals surface area contributed by atoms with Crippen LogP contribution in [0.4, 0.5) is 5.82 Å². The maximum atomic E-state index is 11.2. The van der Waals surface area contributed by atoms with Gasteiger partial charge in [0.25, 0.3) is 0 Å². The SMILES string of the molecule is CC(O)(CO)CNc1ncc(C(=O)O)c2ccccc12. The molecule has 1 heterocycles. The topological polar surface area (TPSA) is 103 Å². The second-order valence-corrected chi connectivity index (χ2v) is 4.88. The van der Waals surface area contributed by atoms with Gasteiger partial charge in [-0.2, -0.15) is 0 Å². The van der Waals surface area contributed by atoms with Crippen molar-refractivity contribution in [2.45, 2.75) is 12.5 Å². The molecule has 0 radical (unpaired) electrons. The van der Waals surface area contributed by atoms with E-state index in [9.17, 15) is 9.90 Å². The number of carbonyl (C=O) groups is 1. The van der Waals surface area contributed by atoms with Crippen molar-refractivity contribution in [3.63, 3.8) is 0 Å². The number of rotatable bonds is 5. The van der Waals surface area contributed by atoms with Gasteiger partial charge < -0.3 is 20.6 Å². The first-order valence-electron chi connectivity index (χ1n) is 6.13. The van der Waals surface area contributed by atoms with Gasteiger partial charge in [-0.1, -0.05) is 24.3 Å². The molecule has 6 nitrogen and oxygen atoms in total. The molecule has 2 aromatic rings. The van der Waals surface area contributed by atoms with Crippen molar-refractivity contribution in [3.05, 3.63) is 36.0 Å². The number of fused-ring (bicyclic) bond motifs is 1. The van der Waals surface area contributed by atoms with Crippen LogP contribution >= 0.6 is 0 Å². The molecule has 20 heavy (non-hydrogen) atoms. The highest BCUT2D eigenvalue weighted by Gasteiger charge is 2.20. The molecule has 0 fully saturated rings. The Hall–Kier alpha value is -2.18. The molecule has 106 valence electrons. The van der Waals surface area contributed by atoms with Gasteiger partial charge >= 0.3 is 5.97 Å². The van der Waals surface area contributed by atoms with Gasteiger partial charge in [-0.15, -0.1) is 0 Å². The molecule has 0 spiro atoms. The number of aliphatic hydroxyl groups excluding tert-OH is 1. The zero-order valence-electron chi connectivity index (χ0n) is 11.0. The molecular weight excluding hydrogens is 260 g/mol. The molecule has 0 amide bonds. The van der Waals surface area contributed by atoms with Crippen molar-refractivity contribution in [3.8, 4) is 0 Å². The van der Waals surface area contributed by atoms with Crippen molar-refractivity contribution in [1.82, 2.24) is 4.98 Å². The monoisotopic (exact) mass is 276 g/mol. The third-order valence-electron chi connectivity index (χ3n) is 3.00. The van der Waals surface area contributed by atoms with Gasteiger partial charge in [0, 0.05) is 23.5 Å². The molecule has 0 saturated heterocycles. The van der Waals surface area contributed by atoms with E-state index < -0.39 is 11.6 Å². The second-order valence-electron chi connectivity index (χ2n) is 4.88. The summed E-state index contributed by atoms with van der Waals surface area (Å²) in [6.07, 6.45) is 1.28. The van der Waals surface area contributed by atoms with Gasteiger partial charge in [0.05, 0.1) is 12.2 Å². The Morgan fingerprint density at radius 2 is 2.00 bits per heavy atom. The van der Waals surface area contributed by atoms with Crippen molar-refractivity contribution < 1.29 is 20.1 Å². The molecule has 6 heteroatoms. The lowest BCUT2D eigenvalue weighted by molar-refractivity contribution is 0.0132. The smallest absolute Gasteiger partial charge is 0.337 e. The van der Waals surface area contributed by atoms with Crippen LogP contribution < -0.4 is 5.32 Å². The van der Waals surface area contributed by atoms with Crippen LogP contribution in [-0.2, 0) is 0 Å². The highest BCUT2D eigenvalue weighted by molar-refractivity contribution is 6.06. The molecule has 1 unspecified atom stereocenters. The number of carboxylic acid groups (broad SMARTS) is 1. The van der Waals surface area contributed by atoms with E-state index in [1.54, 1.807) is 24.3 Å². The van der Waals surface area contributed by atoms with E-state index in [1.165, 1.54) is 13.1 Å². The van der Waals surface area contributed by atoms with Gasteiger partial charge in [-0.3, -0.25) is 0 Å². The standard InChI is InChI=1S/C14H16N2O4/c1-14(20,8-17)7-16-12-10-5-3-2-4-9(10)11(6-15-12)13(18)19/h2-6,17,20H,7-8H2,1H3,(H,15,16)(H,18,19). The summed E-state index contributed by atoms with van der Waals surface area (Å²) in [5, 5.41) is 32.1. The fraction of sp³-hybridized carbons (Fsp3) is 0.286. The average Bonchev–Trinajstić information content (AvgIpc) is 2.44. The summed E-state index contributed by atoms with van der Waals surface area (Å²) in [5.41, 5.74) is -1.14. The van der Waals surface area contributed by atoms with Crippen molar-refractivity contribution in [1.29, 1.82) is 0 Å². The largest absolute Gasteiger partial charge is 0.478 e. The molecule has 0 aliphatic carbocycles. The van der Waals surface area contributed by atoms with Crippen LogP contribution in [0.1, 0.15) is 17.3 Å². The van der Waals surface area contributed by atoms with Crippen LogP contribution in [0.25, 0.3) is 10.8 Å². The third kappa shape index (κ3) is 2.87. The van der Waals surface area contributed by atoms with E-state index in [0.29, 0.717) is 16.6 Å². The lowest BCUT2D eigenvalue weighted by Crippen LogP contribution is -2.37. The maximum Gasteiger partial charge on any atom is 0.337 e. The van der Waals surface area contributed by atoms with E-state index in [-0.39, 0.29) is 18.7 Å². The minimum absolute atomic E-state index is 0.104. The molecule has 0 saturated carbocycles. The van der Waals surface area contributed by atoms with Crippen LogP contribution in [0.5, 0.6) is 0 Å². The number of aromatic nitrogens is 1. The number of carboxylic acids is 1. The Morgan fingerprint density at radius 1 is 1.35 bits per heavy atom. The number of hydrogen-bond acceptors (Lipinski definition) is 5. The van der Waals surface area contributed by atoms with Crippen LogP contribution in [0, 0.1) is 0 Å². The summed E-state index contributed by atoms with van der Waals surface area (Å²) in [6, 6.07) is 6.99. The Kier molecular flexibility index (Phi) is 3.87. The number of aromatic carboxylic acids is 1. The zero-order chi connectivity index (χ0) is 14.8. The first kappa shape index (κ1) is 14.2. The fourth-order valence-electron chi connectivity index (χ4n) is 1.83. The Bertz CT molecular complexity index is 640. The van der Waals surface area contributed by atoms with Gasteiger partial charge in [0.2, 0.25) is 0 Å². The molecule has 2 rings (SSSR count). The first-order chi connectivity index (χ1) is 9.44. The molecule has 0 bridgehead atoms. The fourth-order valence-corrected chi connectivity index (χ4v) is 1.83. The molecule has 1 aromatic heterocycles. The summed E-state index contributed by atoms with van der Waals surface area (Å²) < 4.78 is 0. The number of hydrogen-bond donors (Lipinski definition) is 4. The quantitative estimate of drug-likeness (QED) is 0.652. The van der Waals surface area contributed by atoms with Crippen LogP contribution in [0.3, 0.4) is 0 Å². The van der Waals surface area contributed by atoms with Crippen LogP contribution in [0.2, 0.25) is 0 Å². The predicted molar refractivity (Wildman–Crippen MR) is 74.9 cm³/mol. The molecule has 0 aliphatic rings. The molecule has 1 atom stereocenters. The van der Waals surface area contributed by atoms with Crippen molar-refractivity contribution >= 4 is 22.6 Å². The second kappa shape index (κ2) is 5.44. The van der Waals surface area contributed by atoms with Gasteiger partial charge in [-0.05, 0) is 6.92 Å². The number of anilines is 1. The predicted octanol–water partition coefficient (Wildman–Crippen LogP) is 1.09. The highest BCUT2D eigenvalue weighted by Crippen LogP contribution is 2.24. The molecule has 1 aromatic carbocycles. The number of nitrogens with one attached hydrogen (secondary N) is 1. The lowest BCUT2D eigenvalue weighted by Gasteiger charge is -2.21. The number of aliphatic hydroxyl groups is 2. The number of benzene rings is 1. The van der Waals surface area contributed by atoms with Crippen LogP contribution in [-0.4, -0.2) is 45.0 Å². The summed E-state index contributed by atoms with van der Waals surface area (Å²) in [7, 11) is 0. The first-order valence-corrected chi connectivity index (χ1v) is 6.13. The summed E-state index contributed by atoms with van der Waals surface area (Å²) in [5.74, 6) is -0.568. The van der Waals surface area contributed by atoms with E-state index in [0.717, 1.165) is 0 Å². The van der Waals surface area contributed by atoms with Gasteiger partial charge in [0.15, 0.2) is 0 Å². The Morgan fingerprint density at radius 3 is 2.60 bits per heavy atom. The maximum absolute atomic E-state index is 11.2. The van der Waals surface area contributed by atoms with Crippen LogP contribution in [0.15, 0.2) is 30.5 Å².